The van der Waals surface area contributed by atoms with E-state index < -0.39 is 0 Å². The summed E-state index contributed by atoms with van der Waals surface area (Å²) in [5, 5.41) is 0. The summed E-state index contributed by atoms with van der Waals surface area (Å²) in [5.74, 6) is 0. The Balaban J connectivity index is 0.000000184. The van der Waals surface area contributed by atoms with Crippen molar-refractivity contribution in [2.45, 2.75) is 0 Å². The van der Waals surface area contributed by atoms with Gasteiger partial charge in [0.1, 0.15) is 0 Å². The quantitative estimate of drug-likeness (QED) is 0.639. The Labute approximate surface area is 110 Å². The molecule has 0 spiro atoms. The summed E-state index contributed by atoms with van der Waals surface area (Å²) < 4.78 is 0. The highest BCUT2D eigenvalue weighted by atomic mass is 13.9. The zero-order valence-electron chi connectivity index (χ0n) is 10.5. The molecule has 0 fully saturated rings. The first-order valence-corrected chi connectivity index (χ1v) is 5.82. The van der Waals surface area contributed by atoms with E-state index in [1.165, 1.54) is 5.56 Å². The Morgan fingerprint density at radius 1 is 0.778 bits per heavy atom. The molecule has 0 aliphatic carbocycles. The first kappa shape index (κ1) is 13.7. The van der Waals surface area contributed by atoms with Gasteiger partial charge in [-0.15, -0.1) is 0 Å². The van der Waals surface area contributed by atoms with Gasteiger partial charge in [-0.25, -0.2) is 0 Å². The average Bonchev–Trinajstić information content (AvgIpc) is 2.49. The first-order chi connectivity index (χ1) is 8.77. The lowest BCUT2D eigenvalue weighted by Gasteiger charge is -1.96. The van der Waals surface area contributed by atoms with Crippen LogP contribution < -0.4 is 0 Å². The molecule has 2 aromatic carbocycles. The molecule has 0 nitrogen and oxygen atoms in total. The third-order valence-corrected chi connectivity index (χ3v) is 2.43. The molecule has 0 aliphatic rings. The van der Waals surface area contributed by atoms with Gasteiger partial charge in [-0.1, -0.05) is 92.6 Å². The summed E-state index contributed by atoms with van der Waals surface area (Å²) in [4.78, 5) is 0. The normalized spacial score (nSPS) is 8.67. The van der Waals surface area contributed by atoms with E-state index in [-0.39, 0.29) is 0 Å². The topological polar surface area (TPSA) is 0 Å². The van der Waals surface area contributed by atoms with E-state index in [1.54, 1.807) is 6.08 Å². The molecule has 0 bridgehead atoms. The van der Waals surface area contributed by atoms with Crippen molar-refractivity contribution in [1.29, 1.82) is 0 Å². The van der Waals surface area contributed by atoms with Gasteiger partial charge in [-0.2, -0.15) is 0 Å². The van der Waals surface area contributed by atoms with Crippen molar-refractivity contribution >= 4 is 11.6 Å². The molecule has 2 rings (SSSR count). The maximum Gasteiger partial charge on any atom is -0.0190 e. The van der Waals surface area contributed by atoms with Gasteiger partial charge in [0, 0.05) is 0 Å². The van der Waals surface area contributed by atoms with Crippen LogP contribution in [0.15, 0.2) is 86.5 Å². The fourth-order valence-electron chi connectivity index (χ4n) is 1.36. The van der Waals surface area contributed by atoms with E-state index in [0.29, 0.717) is 0 Å². The van der Waals surface area contributed by atoms with Crippen molar-refractivity contribution < 1.29 is 0 Å². The zero-order valence-corrected chi connectivity index (χ0v) is 10.5. The van der Waals surface area contributed by atoms with Crippen molar-refractivity contribution in [3.63, 3.8) is 0 Å². The highest BCUT2D eigenvalue weighted by molar-refractivity contribution is 5.71. The summed E-state index contributed by atoms with van der Waals surface area (Å²) in [6.45, 7) is 11.1. The fourth-order valence-corrected chi connectivity index (χ4v) is 1.36. The molecule has 0 amide bonds. The van der Waals surface area contributed by atoms with E-state index in [9.17, 15) is 0 Å². The lowest BCUT2D eigenvalue weighted by atomic mass is 10.1. The van der Waals surface area contributed by atoms with Gasteiger partial charge >= 0.3 is 0 Å². The van der Waals surface area contributed by atoms with Crippen LogP contribution in [-0.4, -0.2) is 0 Å². The summed E-state index contributed by atoms with van der Waals surface area (Å²) >= 11 is 0. The largest absolute Gasteiger partial charge is 0.0985 e. The molecule has 2 aromatic rings. The Bertz CT molecular complexity index is 492. The van der Waals surface area contributed by atoms with Gasteiger partial charge < -0.3 is 0 Å². The summed E-state index contributed by atoms with van der Waals surface area (Å²) in [7, 11) is 0. The van der Waals surface area contributed by atoms with Crippen molar-refractivity contribution in [2.24, 2.45) is 0 Å². The monoisotopic (exact) mass is 234 g/mol. The summed E-state index contributed by atoms with van der Waals surface area (Å²) in [6.07, 6.45) is 3.59. The Kier molecular flexibility index (Phi) is 5.99. The van der Waals surface area contributed by atoms with Crippen molar-refractivity contribution in [1.82, 2.24) is 0 Å². The second-order valence-corrected chi connectivity index (χ2v) is 3.71. The molecule has 0 heteroatoms. The van der Waals surface area contributed by atoms with E-state index >= 15 is 0 Å². The standard InChI is InChI=1S/C10H10.C8H8/c1-3-9(2)10-7-5-4-6-8-10;1-2-8-6-4-3-5-7-8/h3-8H,1-2H2;2-7H,1H2. The lowest BCUT2D eigenvalue weighted by molar-refractivity contribution is 1.63. The van der Waals surface area contributed by atoms with Crippen molar-refractivity contribution in [2.75, 3.05) is 0 Å². The minimum Gasteiger partial charge on any atom is -0.0985 e. The molecule has 0 radical (unpaired) electrons. The van der Waals surface area contributed by atoms with E-state index in [0.717, 1.165) is 11.1 Å². The molecule has 18 heavy (non-hydrogen) atoms. The van der Waals surface area contributed by atoms with Crippen LogP contribution in [0.5, 0.6) is 0 Å². The van der Waals surface area contributed by atoms with Gasteiger partial charge in [0.05, 0.1) is 0 Å². The molecule has 0 N–H and O–H groups in total. The van der Waals surface area contributed by atoms with Crippen LogP contribution in [0, 0.1) is 0 Å². The van der Waals surface area contributed by atoms with E-state index in [1.807, 2.05) is 66.7 Å². The smallest absolute Gasteiger partial charge is 0.0190 e. The van der Waals surface area contributed by atoms with Crippen molar-refractivity contribution in [3.05, 3.63) is 97.6 Å². The maximum absolute atomic E-state index is 3.83. The number of allylic oxidation sites excluding steroid dienone is 2. The molecule has 0 unspecified atom stereocenters. The minimum absolute atomic E-state index is 0.973. The average molecular weight is 234 g/mol. The van der Waals surface area contributed by atoms with Crippen molar-refractivity contribution in [3.8, 4) is 0 Å². The van der Waals surface area contributed by atoms with Crippen LogP contribution in [0.4, 0.5) is 0 Å². The Hall–Kier alpha value is -2.34. The van der Waals surface area contributed by atoms with Crippen LogP contribution in [0.2, 0.25) is 0 Å². The predicted octanol–water partition coefficient (Wildman–Crippen LogP) is 5.22. The zero-order chi connectivity index (χ0) is 13.2. The van der Waals surface area contributed by atoms with Gasteiger partial charge in [-0.3, -0.25) is 0 Å². The third kappa shape index (κ3) is 4.67. The number of hydrogen-bond donors (Lipinski definition) is 0. The molecular weight excluding hydrogens is 216 g/mol. The molecule has 0 aliphatic heterocycles. The molecule has 0 saturated carbocycles. The lowest BCUT2D eigenvalue weighted by Crippen LogP contribution is -1.74. The molecule has 90 valence electrons. The summed E-state index contributed by atoms with van der Waals surface area (Å²) in [5.41, 5.74) is 3.28. The van der Waals surface area contributed by atoms with Crippen LogP contribution in [0.25, 0.3) is 11.6 Å². The molecular formula is C18H18. The van der Waals surface area contributed by atoms with Gasteiger partial charge in [-0.05, 0) is 16.7 Å². The molecule has 0 aromatic heterocycles. The third-order valence-electron chi connectivity index (χ3n) is 2.43. The van der Waals surface area contributed by atoms with Gasteiger partial charge in [0.15, 0.2) is 0 Å². The Morgan fingerprint density at radius 3 is 1.67 bits per heavy atom. The highest BCUT2D eigenvalue weighted by Crippen LogP contribution is 2.10. The number of benzene rings is 2. The summed E-state index contributed by atoms with van der Waals surface area (Å²) in [6, 6.07) is 20.0. The second-order valence-electron chi connectivity index (χ2n) is 3.71. The van der Waals surface area contributed by atoms with Gasteiger partial charge in [0.2, 0.25) is 0 Å². The molecule has 0 saturated heterocycles. The van der Waals surface area contributed by atoms with Crippen LogP contribution in [0.3, 0.4) is 0 Å². The molecule has 0 atom stereocenters. The highest BCUT2D eigenvalue weighted by Gasteiger charge is 1.88. The predicted molar refractivity (Wildman–Crippen MR) is 82.2 cm³/mol. The number of hydrogen-bond acceptors (Lipinski definition) is 0. The van der Waals surface area contributed by atoms with E-state index in [2.05, 4.69) is 19.7 Å². The van der Waals surface area contributed by atoms with Gasteiger partial charge in [0.25, 0.3) is 0 Å². The maximum atomic E-state index is 3.83. The van der Waals surface area contributed by atoms with Crippen LogP contribution >= 0.6 is 0 Å². The minimum atomic E-state index is 0.973. The van der Waals surface area contributed by atoms with E-state index in [4.69, 9.17) is 0 Å². The fraction of sp³-hybridized carbons (Fsp3) is 0. The number of rotatable bonds is 3. The van der Waals surface area contributed by atoms with Crippen LogP contribution in [0.1, 0.15) is 11.1 Å². The SMILES string of the molecule is C=CC(=C)c1ccccc1.C=Cc1ccccc1. The second kappa shape index (κ2) is 7.86. The van der Waals surface area contributed by atoms with Crippen LogP contribution in [-0.2, 0) is 0 Å². The Morgan fingerprint density at radius 2 is 1.28 bits per heavy atom. The first-order valence-electron chi connectivity index (χ1n) is 5.82. The molecule has 0 heterocycles.